The Kier molecular flexibility index (Phi) is 6.45. The number of hydrogen-bond acceptors (Lipinski definition) is 4. The van der Waals surface area contributed by atoms with E-state index < -0.39 is 5.54 Å². The van der Waals surface area contributed by atoms with E-state index in [9.17, 15) is 9.59 Å². The third-order valence-electron chi connectivity index (χ3n) is 5.78. The molecule has 3 rings (SSSR count). The van der Waals surface area contributed by atoms with Crippen molar-refractivity contribution in [2.45, 2.75) is 52.1 Å². The highest BCUT2D eigenvalue weighted by molar-refractivity contribution is 6.06. The Morgan fingerprint density at radius 3 is 2.55 bits per heavy atom. The monoisotopic (exact) mass is 399 g/mol. The largest absolute Gasteiger partial charge is 0.369 e. The molecule has 0 radical (unpaired) electrons. The Morgan fingerprint density at radius 1 is 1.28 bits per heavy atom. The lowest BCUT2D eigenvalue weighted by Gasteiger charge is -2.34. The lowest BCUT2D eigenvalue weighted by Crippen LogP contribution is -2.49. The third-order valence-corrected chi connectivity index (χ3v) is 5.78. The van der Waals surface area contributed by atoms with Crippen molar-refractivity contribution in [2.24, 2.45) is 22.6 Å². The fourth-order valence-corrected chi connectivity index (χ4v) is 4.32. The molecule has 3 N–H and O–H groups in total. The minimum Gasteiger partial charge on any atom is -0.369 e. The minimum atomic E-state index is -0.740. The van der Waals surface area contributed by atoms with E-state index in [0.717, 1.165) is 18.4 Å². The fourth-order valence-electron chi connectivity index (χ4n) is 4.32. The van der Waals surface area contributed by atoms with Crippen LogP contribution in [-0.4, -0.2) is 52.9 Å². The van der Waals surface area contributed by atoms with Crippen molar-refractivity contribution in [3.05, 3.63) is 35.9 Å². The number of carbonyl (C=O) groups is 2. The van der Waals surface area contributed by atoms with Crippen molar-refractivity contribution >= 4 is 17.9 Å². The number of carbonyl (C=O) groups excluding carboxylic acids is 2. The molecule has 2 aliphatic rings. The number of rotatable bonds is 6. The quantitative estimate of drug-likeness (QED) is 0.770. The van der Waals surface area contributed by atoms with Gasteiger partial charge in [-0.15, -0.1) is 0 Å². The van der Waals surface area contributed by atoms with Crippen molar-refractivity contribution in [3.63, 3.8) is 0 Å². The van der Waals surface area contributed by atoms with Gasteiger partial charge in [-0.1, -0.05) is 44.2 Å². The summed E-state index contributed by atoms with van der Waals surface area (Å²) in [6.07, 6.45) is 2.41. The van der Waals surface area contributed by atoms with Gasteiger partial charge in [0, 0.05) is 26.2 Å². The molecule has 7 heteroatoms. The van der Waals surface area contributed by atoms with Crippen LogP contribution in [0.3, 0.4) is 0 Å². The highest BCUT2D eigenvalue weighted by Gasteiger charge is 2.44. The van der Waals surface area contributed by atoms with Gasteiger partial charge in [0.15, 0.2) is 5.96 Å². The molecule has 0 aliphatic carbocycles. The molecule has 2 heterocycles. The number of benzene rings is 1. The van der Waals surface area contributed by atoms with E-state index in [0.29, 0.717) is 50.4 Å². The van der Waals surface area contributed by atoms with Gasteiger partial charge in [-0.2, -0.15) is 0 Å². The Morgan fingerprint density at radius 2 is 1.93 bits per heavy atom. The molecule has 3 amide bonds. The van der Waals surface area contributed by atoms with Crippen LogP contribution in [-0.2, 0) is 11.3 Å². The summed E-state index contributed by atoms with van der Waals surface area (Å²) in [7, 11) is 0. The zero-order chi connectivity index (χ0) is 21.0. The zero-order valence-corrected chi connectivity index (χ0v) is 17.7. The normalized spacial score (nSPS) is 22.9. The second-order valence-corrected chi connectivity index (χ2v) is 8.83. The maximum Gasteiger partial charge on any atom is 0.317 e. The number of amides is 3. The summed E-state index contributed by atoms with van der Waals surface area (Å²) in [6, 6.07) is 9.86. The Balaban J connectivity index is 1.47. The van der Waals surface area contributed by atoms with Gasteiger partial charge in [-0.05, 0) is 43.6 Å². The molecule has 1 atom stereocenters. The SMILES string of the molecule is CC(C)CC1(C)N=C(N)N(CC2CCN(C(=O)NCc3ccccc3)CC2)C1=O. The van der Waals surface area contributed by atoms with Crippen molar-refractivity contribution in [1.29, 1.82) is 0 Å². The number of aliphatic imine (C=N–C) groups is 1. The van der Waals surface area contributed by atoms with E-state index in [2.05, 4.69) is 24.2 Å². The third kappa shape index (κ3) is 5.08. The van der Waals surface area contributed by atoms with Gasteiger partial charge in [-0.25, -0.2) is 9.79 Å². The van der Waals surface area contributed by atoms with Gasteiger partial charge in [-0.3, -0.25) is 9.69 Å². The number of nitrogens with zero attached hydrogens (tertiary/aromatic N) is 3. The first-order chi connectivity index (χ1) is 13.8. The number of urea groups is 1. The molecule has 1 aromatic carbocycles. The van der Waals surface area contributed by atoms with Gasteiger partial charge in [0.25, 0.3) is 5.91 Å². The summed E-state index contributed by atoms with van der Waals surface area (Å²) in [5.41, 5.74) is 6.43. The zero-order valence-electron chi connectivity index (χ0n) is 17.7. The van der Waals surface area contributed by atoms with E-state index >= 15 is 0 Å². The van der Waals surface area contributed by atoms with Crippen molar-refractivity contribution in [2.75, 3.05) is 19.6 Å². The standard InChI is InChI=1S/C22H33N5O2/c1-16(2)13-22(3)19(28)27(20(23)25-22)15-18-9-11-26(12-10-18)21(29)24-14-17-7-5-4-6-8-17/h4-8,16,18H,9-15H2,1-3H3,(H2,23,25)(H,24,29). The topological polar surface area (TPSA) is 91.0 Å². The molecule has 0 spiro atoms. The summed E-state index contributed by atoms with van der Waals surface area (Å²) in [6.45, 7) is 8.55. The Labute approximate surface area is 173 Å². The molecular formula is C22H33N5O2. The van der Waals surface area contributed by atoms with Gasteiger partial charge in [0.1, 0.15) is 5.54 Å². The number of guanidine groups is 1. The van der Waals surface area contributed by atoms with E-state index in [1.165, 1.54) is 0 Å². The van der Waals surface area contributed by atoms with Crippen LogP contribution in [0.5, 0.6) is 0 Å². The number of nitrogens with one attached hydrogen (secondary N) is 1. The maximum absolute atomic E-state index is 12.9. The van der Waals surface area contributed by atoms with Gasteiger partial charge < -0.3 is 16.0 Å². The lowest BCUT2D eigenvalue weighted by molar-refractivity contribution is -0.131. The van der Waals surface area contributed by atoms with Crippen LogP contribution in [0, 0.1) is 11.8 Å². The predicted molar refractivity (Wildman–Crippen MR) is 114 cm³/mol. The van der Waals surface area contributed by atoms with Crippen LogP contribution in [0.25, 0.3) is 0 Å². The molecule has 0 aromatic heterocycles. The van der Waals surface area contributed by atoms with Crippen LogP contribution < -0.4 is 11.1 Å². The number of nitrogens with two attached hydrogens (primary N) is 1. The lowest BCUT2D eigenvalue weighted by atomic mass is 9.90. The van der Waals surface area contributed by atoms with Gasteiger partial charge in [0.2, 0.25) is 0 Å². The van der Waals surface area contributed by atoms with E-state index in [1.54, 1.807) is 4.90 Å². The van der Waals surface area contributed by atoms with E-state index in [1.807, 2.05) is 42.2 Å². The molecular weight excluding hydrogens is 366 g/mol. The number of likely N-dealkylation sites (tertiary alicyclic amines) is 1. The first-order valence-corrected chi connectivity index (χ1v) is 10.5. The van der Waals surface area contributed by atoms with Crippen LogP contribution in [0.15, 0.2) is 35.3 Å². The second kappa shape index (κ2) is 8.84. The fraction of sp³-hybridized carbons (Fsp3) is 0.591. The summed E-state index contributed by atoms with van der Waals surface area (Å²) in [4.78, 5) is 33.3. The Bertz CT molecular complexity index is 756. The highest BCUT2D eigenvalue weighted by atomic mass is 16.2. The molecule has 1 unspecified atom stereocenters. The second-order valence-electron chi connectivity index (χ2n) is 8.83. The van der Waals surface area contributed by atoms with E-state index in [4.69, 9.17) is 5.73 Å². The Hall–Kier alpha value is -2.57. The molecule has 0 bridgehead atoms. The molecule has 1 aromatic rings. The van der Waals surface area contributed by atoms with Crippen molar-refractivity contribution in [3.8, 4) is 0 Å². The smallest absolute Gasteiger partial charge is 0.317 e. The summed E-state index contributed by atoms with van der Waals surface area (Å²) in [5, 5.41) is 2.98. The van der Waals surface area contributed by atoms with Crippen LogP contribution in [0.1, 0.15) is 45.6 Å². The molecule has 0 saturated carbocycles. The number of piperidine rings is 1. The highest BCUT2D eigenvalue weighted by Crippen LogP contribution is 2.30. The van der Waals surface area contributed by atoms with E-state index in [-0.39, 0.29) is 11.9 Å². The molecule has 2 aliphatic heterocycles. The minimum absolute atomic E-state index is 0.00623. The molecule has 1 saturated heterocycles. The number of hydrogen-bond donors (Lipinski definition) is 2. The van der Waals surface area contributed by atoms with Crippen LogP contribution >= 0.6 is 0 Å². The van der Waals surface area contributed by atoms with Gasteiger partial charge in [0.05, 0.1) is 0 Å². The summed E-state index contributed by atoms with van der Waals surface area (Å²) >= 11 is 0. The van der Waals surface area contributed by atoms with Gasteiger partial charge >= 0.3 is 6.03 Å². The first kappa shape index (κ1) is 21.1. The maximum atomic E-state index is 12.9. The average molecular weight is 400 g/mol. The molecule has 1 fully saturated rings. The predicted octanol–water partition coefficient (Wildman–Crippen LogP) is 2.57. The van der Waals surface area contributed by atoms with Crippen molar-refractivity contribution in [1.82, 2.24) is 15.1 Å². The van der Waals surface area contributed by atoms with Crippen LogP contribution in [0.4, 0.5) is 4.79 Å². The van der Waals surface area contributed by atoms with Crippen molar-refractivity contribution < 1.29 is 9.59 Å². The first-order valence-electron chi connectivity index (χ1n) is 10.5. The molecule has 29 heavy (non-hydrogen) atoms. The summed E-state index contributed by atoms with van der Waals surface area (Å²) < 4.78 is 0. The molecule has 7 nitrogen and oxygen atoms in total. The summed E-state index contributed by atoms with van der Waals surface area (Å²) in [5.74, 6) is 1.04. The average Bonchev–Trinajstić information content (AvgIpc) is 2.89. The molecule has 158 valence electrons. The van der Waals surface area contributed by atoms with Crippen LogP contribution in [0.2, 0.25) is 0 Å².